The molecule has 2 aromatic carbocycles. The summed E-state index contributed by atoms with van der Waals surface area (Å²) in [5.41, 5.74) is 3.70. The summed E-state index contributed by atoms with van der Waals surface area (Å²) in [5, 5.41) is 12.6. The van der Waals surface area contributed by atoms with Crippen molar-refractivity contribution in [3.05, 3.63) is 68.7 Å². The zero-order chi connectivity index (χ0) is 25.8. The molecule has 0 aromatic heterocycles. The van der Waals surface area contributed by atoms with E-state index in [9.17, 15) is 9.59 Å². The third-order valence-electron chi connectivity index (χ3n) is 6.18. The van der Waals surface area contributed by atoms with E-state index in [0.29, 0.717) is 22.9 Å². The second kappa shape index (κ2) is 11.6. The van der Waals surface area contributed by atoms with Crippen LogP contribution in [0.3, 0.4) is 0 Å². The molecule has 0 spiro atoms. The van der Waals surface area contributed by atoms with Gasteiger partial charge in [0.25, 0.3) is 0 Å². The van der Waals surface area contributed by atoms with Gasteiger partial charge in [0.2, 0.25) is 5.91 Å². The van der Waals surface area contributed by atoms with Crippen molar-refractivity contribution in [1.82, 2.24) is 10.2 Å². The Morgan fingerprint density at radius 3 is 2.49 bits per heavy atom. The van der Waals surface area contributed by atoms with Gasteiger partial charge >= 0.3 is 6.09 Å². The lowest BCUT2D eigenvalue weighted by atomic mass is 9.75. The van der Waals surface area contributed by atoms with Crippen LogP contribution in [0.4, 0.5) is 4.79 Å². The normalized spacial score (nSPS) is 17.5. The molecule has 0 aliphatic heterocycles. The van der Waals surface area contributed by atoms with Gasteiger partial charge in [0, 0.05) is 25.9 Å². The van der Waals surface area contributed by atoms with Gasteiger partial charge in [-0.15, -0.1) is 0 Å². The fourth-order valence-corrected chi connectivity index (χ4v) is 4.81. The highest BCUT2D eigenvalue weighted by Gasteiger charge is 2.34. The number of rotatable bonds is 7. The third-order valence-corrected chi connectivity index (χ3v) is 6.92. The molecule has 6 nitrogen and oxygen atoms in total. The minimum absolute atomic E-state index is 0.0809. The molecule has 3 rings (SSSR count). The number of nitrogens with zero attached hydrogens (tertiary/aromatic N) is 1. The molecule has 2 N–H and O–H groups in total. The predicted molar refractivity (Wildman–Crippen MR) is 139 cm³/mol. The van der Waals surface area contributed by atoms with E-state index in [0.717, 1.165) is 35.1 Å². The molecule has 8 heteroatoms. The Kier molecular flexibility index (Phi) is 9.08. The fourth-order valence-electron chi connectivity index (χ4n) is 4.50. The molecular weight excluding hydrogens is 487 g/mol. The lowest BCUT2D eigenvalue weighted by Gasteiger charge is -2.38. The summed E-state index contributed by atoms with van der Waals surface area (Å²) in [6.45, 7) is 5.74. The maximum absolute atomic E-state index is 12.8. The average molecular weight is 521 g/mol. The van der Waals surface area contributed by atoms with Crippen LogP contribution in [-0.2, 0) is 16.0 Å². The van der Waals surface area contributed by atoms with Crippen LogP contribution in [0.25, 0.3) is 0 Å². The molecule has 190 valence electrons. The highest BCUT2D eigenvalue weighted by atomic mass is 35.5. The molecular formula is C27H34Cl2N2O4. The monoisotopic (exact) mass is 520 g/mol. The van der Waals surface area contributed by atoms with Crippen LogP contribution >= 0.6 is 23.2 Å². The van der Waals surface area contributed by atoms with Gasteiger partial charge in [-0.25, -0.2) is 4.79 Å². The topological polar surface area (TPSA) is 78.9 Å². The molecule has 0 bridgehead atoms. The second-order valence-electron chi connectivity index (χ2n) is 9.95. The van der Waals surface area contributed by atoms with Crippen molar-refractivity contribution < 1.29 is 19.4 Å². The van der Waals surface area contributed by atoms with E-state index in [2.05, 4.69) is 17.4 Å². The number of hydrogen-bond acceptors (Lipinski definition) is 4. The Morgan fingerprint density at radius 1 is 1.09 bits per heavy atom. The number of aliphatic hydroxyl groups excluding tert-OH is 1. The van der Waals surface area contributed by atoms with Gasteiger partial charge in [-0.2, -0.15) is 0 Å². The average Bonchev–Trinajstić information content (AvgIpc) is 2.80. The molecule has 2 amide bonds. The van der Waals surface area contributed by atoms with Gasteiger partial charge < -0.3 is 20.1 Å². The van der Waals surface area contributed by atoms with Gasteiger partial charge in [-0.1, -0.05) is 47.5 Å². The van der Waals surface area contributed by atoms with Crippen molar-refractivity contribution in [2.75, 3.05) is 20.2 Å². The number of aliphatic hydroxyl groups is 1. The van der Waals surface area contributed by atoms with E-state index >= 15 is 0 Å². The number of halogens is 2. The standard InChI is InChI=1S/C27H34Cl2N2O4/c1-27(2,3)35-26(34)31(4)24-11-9-19(18-7-10-22(28)23(29)16-18)21-15-17(5-8-20(21)24)6-12-25(33)30-13-14-32/h5,7-8,10,15-16,19,24,32H,6,9,11-14H2,1-4H3,(H,30,33)/t19-,24-/m0/s1. The van der Waals surface area contributed by atoms with Crippen molar-refractivity contribution in [2.45, 2.75) is 64.0 Å². The lowest BCUT2D eigenvalue weighted by molar-refractivity contribution is -0.121. The first kappa shape index (κ1) is 27.3. The summed E-state index contributed by atoms with van der Waals surface area (Å²) in [7, 11) is 1.78. The van der Waals surface area contributed by atoms with Crippen molar-refractivity contribution in [3.63, 3.8) is 0 Å². The summed E-state index contributed by atoms with van der Waals surface area (Å²) in [5.74, 6) is -0.00782. The number of amides is 2. The Bertz CT molecular complexity index is 1070. The van der Waals surface area contributed by atoms with E-state index in [4.69, 9.17) is 33.0 Å². The van der Waals surface area contributed by atoms with Crippen molar-refractivity contribution in [1.29, 1.82) is 0 Å². The van der Waals surface area contributed by atoms with Crippen LogP contribution in [0.1, 0.15) is 74.2 Å². The maximum Gasteiger partial charge on any atom is 0.410 e. The molecule has 0 radical (unpaired) electrons. The van der Waals surface area contributed by atoms with E-state index in [1.807, 2.05) is 45.0 Å². The summed E-state index contributed by atoms with van der Waals surface area (Å²) in [6.07, 6.45) is 2.15. The smallest absolute Gasteiger partial charge is 0.410 e. The summed E-state index contributed by atoms with van der Waals surface area (Å²) < 4.78 is 5.62. The molecule has 1 aliphatic rings. The molecule has 2 aromatic rings. The van der Waals surface area contributed by atoms with Crippen molar-refractivity contribution >= 4 is 35.2 Å². The SMILES string of the molecule is CN(C(=O)OC(C)(C)C)[C@H]1CC[C@@H](c2ccc(Cl)c(Cl)c2)c2cc(CCC(=O)NCCO)ccc21. The number of carbonyl (C=O) groups excluding carboxylic acids is 2. The first-order chi connectivity index (χ1) is 16.5. The number of nitrogens with one attached hydrogen (secondary N) is 1. The molecule has 0 saturated heterocycles. The van der Waals surface area contributed by atoms with E-state index < -0.39 is 5.60 Å². The van der Waals surface area contributed by atoms with Crippen LogP contribution in [0, 0.1) is 0 Å². The fraction of sp³-hybridized carbons (Fsp3) is 0.481. The first-order valence-corrected chi connectivity index (χ1v) is 12.7. The minimum atomic E-state index is -0.577. The number of ether oxygens (including phenoxy) is 1. The van der Waals surface area contributed by atoms with E-state index in [1.54, 1.807) is 11.9 Å². The first-order valence-electron chi connectivity index (χ1n) is 11.9. The van der Waals surface area contributed by atoms with Gasteiger partial charge in [-0.05, 0) is 74.4 Å². The molecule has 0 heterocycles. The summed E-state index contributed by atoms with van der Waals surface area (Å²) in [6, 6.07) is 11.8. The van der Waals surface area contributed by atoms with Gasteiger partial charge in [-0.3, -0.25) is 4.79 Å². The Balaban J connectivity index is 1.93. The van der Waals surface area contributed by atoms with E-state index in [-0.39, 0.29) is 37.1 Å². The molecule has 0 fully saturated rings. The van der Waals surface area contributed by atoms with Crippen molar-refractivity contribution in [2.24, 2.45) is 0 Å². The molecule has 2 atom stereocenters. The second-order valence-corrected chi connectivity index (χ2v) is 10.8. The molecule has 35 heavy (non-hydrogen) atoms. The van der Waals surface area contributed by atoms with Crippen LogP contribution in [0.5, 0.6) is 0 Å². The highest BCUT2D eigenvalue weighted by Crippen LogP contribution is 2.45. The van der Waals surface area contributed by atoms with Gasteiger partial charge in [0.15, 0.2) is 0 Å². The molecule has 0 unspecified atom stereocenters. The van der Waals surface area contributed by atoms with Gasteiger partial charge in [0.1, 0.15) is 5.60 Å². The third kappa shape index (κ3) is 7.12. The molecule has 1 aliphatic carbocycles. The summed E-state index contributed by atoms with van der Waals surface area (Å²) in [4.78, 5) is 26.6. The maximum atomic E-state index is 12.8. The van der Waals surface area contributed by atoms with Crippen LogP contribution in [0.15, 0.2) is 36.4 Å². The zero-order valence-corrected chi connectivity index (χ0v) is 22.2. The minimum Gasteiger partial charge on any atom is -0.444 e. The zero-order valence-electron chi connectivity index (χ0n) is 20.7. The van der Waals surface area contributed by atoms with Crippen LogP contribution in [-0.4, -0.2) is 47.8 Å². The number of fused-ring (bicyclic) bond motifs is 1. The Hall–Kier alpha value is -2.28. The summed E-state index contributed by atoms with van der Waals surface area (Å²) >= 11 is 12.5. The Labute approximate surface area is 217 Å². The highest BCUT2D eigenvalue weighted by molar-refractivity contribution is 6.42. The van der Waals surface area contributed by atoms with Crippen molar-refractivity contribution in [3.8, 4) is 0 Å². The number of hydrogen-bond donors (Lipinski definition) is 2. The largest absolute Gasteiger partial charge is 0.444 e. The Morgan fingerprint density at radius 2 is 1.83 bits per heavy atom. The number of aryl methyl sites for hydroxylation is 1. The number of carbonyl (C=O) groups is 2. The van der Waals surface area contributed by atoms with Crippen LogP contribution < -0.4 is 5.32 Å². The molecule has 0 saturated carbocycles. The van der Waals surface area contributed by atoms with E-state index in [1.165, 1.54) is 0 Å². The lowest BCUT2D eigenvalue weighted by Crippen LogP contribution is -2.38. The quantitative estimate of drug-likeness (QED) is 0.478. The predicted octanol–water partition coefficient (Wildman–Crippen LogP) is 5.87. The van der Waals surface area contributed by atoms with Crippen LogP contribution in [0.2, 0.25) is 10.0 Å². The van der Waals surface area contributed by atoms with Gasteiger partial charge in [0.05, 0.1) is 22.7 Å². The number of benzene rings is 2.